The van der Waals surface area contributed by atoms with E-state index < -0.39 is 18.4 Å². The molecule has 0 bridgehead atoms. The maximum Gasteiger partial charge on any atom is 0.312 e. The molecule has 0 saturated heterocycles. The molecule has 1 aliphatic heterocycles. The van der Waals surface area contributed by atoms with Crippen molar-refractivity contribution < 1.29 is 24.5 Å². The van der Waals surface area contributed by atoms with Crippen molar-refractivity contribution in [3.63, 3.8) is 0 Å². The third-order valence-corrected chi connectivity index (χ3v) is 5.74. The zero-order chi connectivity index (χ0) is 22.7. The van der Waals surface area contributed by atoms with E-state index in [0.29, 0.717) is 28.7 Å². The van der Waals surface area contributed by atoms with Gasteiger partial charge in [-0.2, -0.15) is 0 Å². The summed E-state index contributed by atoms with van der Waals surface area (Å²) in [6.45, 7) is 2.04. The standard InChI is InChI=1S/C26H25NO5/c1-2-17-11-8-14-21(23(17)24(29)18-9-4-3-5-10-18)32-22(28)15-16-27-25(30)19-12-6-7-13-20(19)26(27)31/h3-14,25-26,30-31H,2,15-16H2,1H3. The number of carbonyl (C=O) groups excluding carboxylic acids is 2. The van der Waals surface area contributed by atoms with Crippen LogP contribution in [0.3, 0.4) is 0 Å². The molecule has 3 aromatic carbocycles. The molecule has 0 fully saturated rings. The second-order valence-corrected chi connectivity index (χ2v) is 7.68. The number of carbonyl (C=O) groups is 2. The molecule has 0 aromatic heterocycles. The lowest BCUT2D eigenvalue weighted by molar-refractivity contribution is -0.137. The van der Waals surface area contributed by atoms with E-state index in [-0.39, 0.29) is 24.5 Å². The Morgan fingerprint density at radius 1 is 0.875 bits per heavy atom. The molecule has 6 nitrogen and oxygen atoms in total. The van der Waals surface area contributed by atoms with Crippen LogP contribution in [0.25, 0.3) is 0 Å². The smallest absolute Gasteiger partial charge is 0.312 e. The molecule has 164 valence electrons. The molecule has 0 spiro atoms. The molecular formula is C26H25NO5. The molecular weight excluding hydrogens is 406 g/mol. The zero-order valence-electron chi connectivity index (χ0n) is 17.8. The number of ketones is 1. The Hall–Kier alpha value is -3.32. The molecule has 4 rings (SSSR count). The molecule has 32 heavy (non-hydrogen) atoms. The van der Waals surface area contributed by atoms with E-state index in [4.69, 9.17) is 4.74 Å². The number of nitrogens with zero attached hydrogens (tertiary/aromatic N) is 1. The summed E-state index contributed by atoms with van der Waals surface area (Å²) in [5, 5.41) is 21.0. The highest BCUT2D eigenvalue weighted by Crippen LogP contribution is 2.38. The SMILES string of the molecule is CCc1cccc(OC(=O)CCN2C(O)c3ccccc3C2O)c1C(=O)c1ccccc1. The number of fused-ring (bicyclic) bond motifs is 1. The molecule has 1 heterocycles. The van der Waals surface area contributed by atoms with E-state index in [1.54, 1.807) is 60.7 Å². The monoisotopic (exact) mass is 431 g/mol. The fraction of sp³-hybridized carbons (Fsp3) is 0.231. The maximum absolute atomic E-state index is 13.1. The van der Waals surface area contributed by atoms with E-state index in [1.807, 2.05) is 19.1 Å². The van der Waals surface area contributed by atoms with Gasteiger partial charge in [0.15, 0.2) is 5.78 Å². The van der Waals surface area contributed by atoms with Crippen molar-refractivity contribution in [2.45, 2.75) is 32.2 Å². The Labute approximate surface area is 186 Å². The van der Waals surface area contributed by atoms with Crippen LogP contribution in [0.15, 0.2) is 72.8 Å². The lowest BCUT2D eigenvalue weighted by Gasteiger charge is -2.23. The predicted octanol–water partition coefficient (Wildman–Crippen LogP) is 3.77. The minimum Gasteiger partial charge on any atom is -0.426 e. The van der Waals surface area contributed by atoms with Gasteiger partial charge in [0.2, 0.25) is 0 Å². The summed E-state index contributed by atoms with van der Waals surface area (Å²) in [5.74, 6) is -0.531. The molecule has 0 saturated carbocycles. The summed E-state index contributed by atoms with van der Waals surface area (Å²) < 4.78 is 5.59. The third-order valence-electron chi connectivity index (χ3n) is 5.74. The Balaban J connectivity index is 1.49. The van der Waals surface area contributed by atoms with E-state index in [1.165, 1.54) is 4.90 Å². The Morgan fingerprint density at radius 2 is 1.50 bits per heavy atom. The van der Waals surface area contributed by atoms with Gasteiger partial charge in [-0.05, 0) is 18.1 Å². The summed E-state index contributed by atoms with van der Waals surface area (Å²) >= 11 is 0. The van der Waals surface area contributed by atoms with Gasteiger partial charge in [-0.1, -0.05) is 73.7 Å². The Kier molecular flexibility index (Phi) is 6.46. The highest BCUT2D eigenvalue weighted by molar-refractivity contribution is 6.12. The molecule has 2 unspecified atom stereocenters. The number of aliphatic hydroxyl groups excluding tert-OH is 2. The second kappa shape index (κ2) is 9.44. The summed E-state index contributed by atoms with van der Waals surface area (Å²) in [5.41, 5.74) is 2.94. The number of esters is 1. The molecule has 3 aromatic rings. The first kappa shape index (κ1) is 21.9. The average Bonchev–Trinajstić information content (AvgIpc) is 3.07. The topological polar surface area (TPSA) is 87.1 Å². The second-order valence-electron chi connectivity index (χ2n) is 7.68. The molecule has 2 N–H and O–H groups in total. The average molecular weight is 431 g/mol. The van der Waals surface area contributed by atoms with Crippen molar-refractivity contribution in [2.75, 3.05) is 6.54 Å². The van der Waals surface area contributed by atoms with Gasteiger partial charge in [0, 0.05) is 23.2 Å². The normalized spacial score (nSPS) is 17.7. The number of benzene rings is 3. The molecule has 6 heteroatoms. The van der Waals surface area contributed by atoms with Crippen molar-refractivity contribution in [1.29, 1.82) is 0 Å². The van der Waals surface area contributed by atoms with Crippen LogP contribution in [0.5, 0.6) is 5.75 Å². The number of rotatable bonds is 7. The van der Waals surface area contributed by atoms with Crippen molar-refractivity contribution in [2.24, 2.45) is 0 Å². The van der Waals surface area contributed by atoms with Crippen molar-refractivity contribution in [3.05, 3.63) is 101 Å². The number of hydrogen-bond acceptors (Lipinski definition) is 6. The molecule has 0 radical (unpaired) electrons. The van der Waals surface area contributed by atoms with E-state index in [9.17, 15) is 19.8 Å². The fourth-order valence-corrected chi connectivity index (χ4v) is 4.06. The number of aryl methyl sites for hydroxylation is 1. The number of hydrogen-bond donors (Lipinski definition) is 2. The largest absolute Gasteiger partial charge is 0.426 e. The van der Waals surface area contributed by atoms with Gasteiger partial charge in [0.25, 0.3) is 0 Å². The maximum atomic E-state index is 13.1. The van der Waals surface area contributed by atoms with Crippen LogP contribution < -0.4 is 4.74 Å². The molecule has 0 aliphatic carbocycles. The molecule has 1 aliphatic rings. The highest BCUT2D eigenvalue weighted by Gasteiger charge is 2.36. The highest BCUT2D eigenvalue weighted by atomic mass is 16.5. The Bertz CT molecular complexity index is 1100. The first-order valence-electron chi connectivity index (χ1n) is 10.6. The quantitative estimate of drug-likeness (QED) is 0.336. The summed E-state index contributed by atoms with van der Waals surface area (Å²) in [6, 6.07) is 21.2. The van der Waals surface area contributed by atoms with Gasteiger partial charge in [0.05, 0.1) is 12.0 Å². The van der Waals surface area contributed by atoms with Crippen LogP contribution in [0.4, 0.5) is 0 Å². The summed E-state index contributed by atoms with van der Waals surface area (Å²) in [4.78, 5) is 27.2. The Morgan fingerprint density at radius 3 is 2.12 bits per heavy atom. The molecule has 2 atom stereocenters. The first-order chi connectivity index (χ1) is 15.5. The lowest BCUT2D eigenvalue weighted by Crippen LogP contribution is -2.29. The predicted molar refractivity (Wildman–Crippen MR) is 119 cm³/mol. The van der Waals surface area contributed by atoms with Crippen molar-refractivity contribution >= 4 is 11.8 Å². The van der Waals surface area contributed by atoms with Gasteiger partial charge in [-0.3, -0.25) is 9.59 Å². The van der Waals surface area contributed by atoms with Gasteiger partial charge in [-0.25, -0.2) is 4.90 Å². The van der Waals surface area contributed by atoms with Gasteiger partial charge < -0.3 is 14.9 Å². The van der Waals surface area contributed by atoms with Crippen molar-refractivity contribution in [3.8, 4) is 5.75 Å². The number of ether oxygens (including phenoxy) is 1. The minimum atomic E-state index is -0.993. The van der Waals surface area contributed by atoms with Crippen LogP contribution in [-0.2, 0) is 11.2 Å². The van der Waals surface area contributed by atoms with E-state index >= 15 is 0 Å². The zero-order valence-corrected chi connectivity index (χ0v) is 17.8. The van der Waals surface area contributed by atoms with Crippen LogP contribution in [0.1, 0.15) is 58.4 Å². The fourth-order valence-electron chi connectivity index (χ4n) is 4.06. The van der Waals surface area contributed by atoms with E-state index in [2.05, 4.69) is 0 Å². The lowest BCUT2D eigenvalue weighted by atomic mass is 9.96. The minimum absolute atomic E-state index is 0.0581. The third kappa shape index (κ3) is 4.21. The summed E-state index contributed by atoms with van der Waals surface area (Å²) in [7, 11) is 0. The number of aliphatic hydroxyl groups is 2. The summed E-state index contributed by atoms with van der Waals surface area (Å²) in [6.07, 6.45) is -1.43. The van der Waals surface area contributed by atoms with Crippen LogP contribution >= 0.6 is 0 Å². The van der Waals surface area contributed by atoms with Crippen LogP contribution in [0.2, 0.25) is 0 Å². The molecule has 0 amide bonds. The van der Waals surface area contributed by atoms with Crippen LogP contribution in [0, 0.1) is 0 Å². The van der Waals surface area contributed by atoms with Crippen molar-refractivity contribution in [1.82, 2.24) is 4.90 Å². The van der Waals surface area contributed by atoms with Gasteiger partial charge >= 0.3 is 5.97 Å². The van der Waals surface area contributed by atoms with Crippen LogP contribution in [-0.4, -0.2) is 33.4 Å². The van der Waals surface area contributed by atoms with Gasteiger partial charge in [0.1, 0.15) is 18.2 Å². The van der Waals surface area contributed by atoms with Gasteiger partial charge in [-0.15, -0.1) is 0 Å². The first-order valence-corrected chi connectivity index (χ1v) is 10.6. The van der Waals surface area contributed by atoms with E-state index in [0.717, 1.165) is 5.56 Å².